The maximum absolute atomic E-state index is 9.30. The molecular weight excluding hydrogens is 234 g/mol. The van der Waals surface area contributed by atoms with E-state index in [1.807, 2.05) is 12.1 Å². The fraction of sp³-hybridized carbons (Fsp3) is 0.294. The highest BCUT2D eigenvalue weighted by atomic mass is 16.3. The summed E-state index contributed by atoms with van der Waals surface area (Å²) in [6.07, 6.45) is 0. The Bertz CT molecular complexity index is 466. The molecule has 2 rings (SSSR count). The van der Waals surface area contributed by atoms with E-state index in [1.54, 1.807) is 12.1 Å². The van der Waals surface area contributed by atoms with Crippen molar-refractivity contribution in [1.29, 1.82) is 0 Å². The van der Waals surface area contributed by atoms with Crippen molar-refractivity contribution < 1.29 is 5.11 Å². The largest absolute Gasteiger partial charge is 0.508 e. The van der Waals surface area contributed by atoms with Crippen LogP contribution in [0.3, 0.4) is 0 Å². The third-order valence-electron chi connectivity index (χ3n) is 3.47. The second-order valence-corrected chi connectivity index (χ2v) is 5.11. The molecule has 19 heavy (non-hydrogen) atoms. The van der Waals surface area contributed by atoms with Crippen molar-refractivity contribution in [3.63, 3.8) is 0 Å². The molecule has 0 bridgehead atoms. The van der Waals surface area contributed by atoms with Gasteiger partial charge in [-0.05, 0) is 44.0 Å². The van der Waals surface area contributed by atoms with Crippen molar-refractivity contribution in [2.24, 2.45) is 0 Å². The molecule has 0 aliphatic rings. The van der Waals surface area contributed by atoms with Gasteiger partial charge in [0.1, 0.15) is 5.75 Å². The first-order chi connectivity index (χ1) is 9.06. The summed E-state index contributed by atoms with van der Waals surface area (Å²) in [5, 5.41) is 12.9. The minimum atomic E-state index is 0.247. The Hall–Kier alpha value is -1.80. The molecule has 2 aromatic carbocycles. The van der Waals surface area contributed by atoms with Crippen LogP contribution in [0.25, 0.3) is 0 Å². The van der Waals surface area contributed by atoms with Gasteiger partial charge in [0.25, 0.3) is 0 Å². The normalized spacial score (nSPS) is 14.1. The molecule has 0 aliphatic heterocycles. The molecule has 2 aromatic rings. The van der Waals surface area contributed by atoms with Gasteiger partial charge < -0.3 is 10.4 Å². The van der Waals surface area contributed by atoms with Crippen LogP contribution in [0.4, 0.5) is 0 Å². The van der Waals surface area contributed by atoms with Crippen LogP contribution >= 0.6 is 0 Å². The van der Waals surface area contributed by atoms with Gasteiger partial charge in [0.05, 0.1) is 0 Å². The standard InChI is InChI=1S/C17H21NO/c1-12-4-6-15(7-5-12)13(2)18-14(3)16-8-10-17(19)11-9-16/h4-11,13-14,18-19H,1-3H3. The van der Waals surface area contributed by atoms with Crippen LogP contribution in [0.5, 0.6) is 5.75 Å². The molecule has 0 spiro atoms. The first-order valence-electron chi connectivity index (χ1n) is 6.68. The fourth-order valence-corrected chi connectivity index (χ4v) is 2.19. The van der Waals surface area contributed by atoms with Gasteiger partial charge in [-0.15, -0.1) is 0 Å². The van der Waals surface area contributed by atoms with Gasteiger partial charge in [0.15, 0.2) is 0 Å². The molecule has 0 aliphatic carbocycles. The van der Waals surface area contributed by atoms with Crippen LogP contribution in [0.1, 0.15) is 42.6 Å². The van der Waals surface area contributed by atoms with Crippen LogP contribution in [0.2, 0.25) is 0 Å². The molecule has 2 unspecified atom stereocenters. The summed E-state index contributed by atoms with van der Waals surface area (Å²) >= 11 is 0. The number of aryl methyl sites for hydroxylation is 1. The second-order valence-electron chi connectivity index (χ2n) is 5.11. The number of benzene rings is 2. The summed E-state index contributed by atoms with van der Waals surface area (Å²) in [7, 11) is 0. The lowest BCUT2D eigenvalue weighted by atomic mass is 10.0. The van der Waals surface area contributed by atoms with Gasteiger partial charge in [-0.25, -0.2) is 0 Å². The lowest BCUT2D eigenvalue weighted by Gasteiger charge is -2.21. The lowest BCUT2D eigenvalue weighted by Crippen LogP contribution is -2.22. The monoisotopic (exact) mass is 255 g/mol. The van der Waals surface area contributed by atoms with E-state index in [0.717, 1.165) is 0 Å². The summed E-state index contributed by atoms with van der Waals surface area (Å²) in [5.74, 6) is 0.308. The van der Waals surface area contributed by atoms with Crippen molar-refractivity contribution in [3.8, 4) is 5.75 Å². The number of phenolic OH excluding ortho intramolecular Hbond substituents is 1. The van der Waals surface area contributed by atoms with Crippen molar-refractivity contribution in [2.75, 3.05) is 0 Å². The highest BCUT2D eigenvalue weighted by Gasteiger charge is 2.10. The highest BCUT2D eigenvalue weighted by molar-refractivity contribution is 5.28. The Morgan fingerprint density at radius 3 is 1.68 bits per heavy atom. The molecule has 2 atom stereocenters. The number of aromatic hydroxyl groups is 1. The lowest BCUT2D eigenvalue weighted by molar-refractivity contribution is 0.472. The molecule has 0 heterocycles. The van der Waals surface area contributed by atoms with E-state index in [9.17, 15) is 5.11 Å². The molecule has 0 radical (unpaired) electrons. The summed E-state index contributed by atoms with van der Waals surface area (Å²) in [5.41, 5.74) is 3.75. The zero-order valence-corrected chi connectivity index (χ0v) is 11.7. The second kappa shape index (κ2) is 5.89. The van der Waals surface area contributed by atoms with E-state index in [2.05, 4.69) is 50.4 Å². The molecular formula is C17H21NO. The number of hydrogen-bond acceptors (Lipinski definition) is 2. The van der Waals surface area contributed by atoms with Crippen LogP contribution in [-0.4, -0.2) is 5.11 Å². The summed E-state index contributed by atoms with van der Waals surface area (Å²) in [4.78, 5) is 0. The number of hydrogen-bond donors (Lipinski definition) is 2. The SMILES string of the molecule is Cc1ccc(C(C)NC(C)c2ccc(O)cc2)cc1. The smallest absolute Gasteiger partial charge is 0.115 e. The van der Waals surface area contributed by atoms with Gasteiger partial charge >= 0.3 is 0 Å². The van der Waals surface area contributed by atoms with Gasteiger partial charge in [0, 0.05) is 12.1 Å². The molecule has 0 saturated carbocycles. The Kier molecular flexibility index (Phi) is 4.23. The Morgan fingerprint density at radius 2 is 1.21 bits per heavy atom. The van der Waals surface area contributed by atoms with Crippen molar-refractivity contribution in [3.05, 3.63) is 65.2 Å². The molecule has 0 fully saturated rings. The first-order valence-corrected chi connectivity index (χ1v) is 6.68. The maximum Gasteiger partial charge on any atom is 0.115 e. The Labute approximate surface area is 115 Å². The number of phenols is 1. The molecule has 2 nitrogen and oxygen atoms in total. The average Bonchev–Trinajstić information content (AvgIpc) is 2.40. The minimum Gasteiger partial charge on any atom is -0.508 e. The molecule has 0 aromatic heterocycles. The van der Waals surface area contributed by atoms with E-state index in [-0.39, 0.29) is 6.04 Å². The summed E-state index contributed by atoms with van der Waals surface area (Å²) < 4.78 is 0. The molecule has 100 valence electrons. The predicted molar refractivity (Wildman–Crippen MR) is 79.3 cm³/mol. The minimum absolute atomic E-state index is 0.247. The molecule has 2 N–H and O–H groups in total. The summed E-state index contributed by atoms with van der Waals surface area (Å²) in [6.45, 7) is 6.40. The highest BCUT2D eigenvalue weighted by Crippen LogP contribution is 2.21. The van der Waals surface area contributed by atoms with Crippen LogP contribution in [0, 0.1) is 6.92 Å². The topological polar surface area (TPSA) is 32.3 Å². The predicted octanol–water partition coefficient (Wildman–Crippen LogP) is 4.11. The Morgan fingerprint density at radius 1 is 0.789 bits per heavy atom. The quantitative estimate of drug-likeness (QED) is 0.861. The zero-order valence-electron chi connectivity index (χ0n) is 11.7. The van der Waals surface area contributed by atoms with Crippen molar-refractivity contribution >= 4 is 0 Å². The van der Waals surface area contributed by atoms with E-state index >= 15 is 0 Å². The van der Waals surface area contributed by atoms with Crippen LogP contribution in [-0.2, 0) is 0 Å². The molecule has 0 saturated heterocycles. The van der Waals surface area contributed by atoms with E-state index in [1.165, 1.54) is 16.7 Å². The molecule has 2 heteroatoms. The van der Waals surface area contributed by atoms with Crippen LogP contribution in [0.15, 0.2) is 48.5 Å². The first kappa shape index (κ1) is 13.6. The molecule has 0 amide bonds. The van der Waals surface area contributed by atoms with E-state index in [0.29, 0.717) is 11.8 Å². The van der Waals surface area contributed by atoms with Gasteiger partial charge in [0.2, 0.25) is 0 Å². The van der Waals surface area contributed by atoms with Gasteiger partial charge in [-0.1, -0.05) is 42.0 Å². The maximum atomic E-state index is 9.30. The fourth-order valence-electron chi connectivity index (χ4n) is 2.19. The average molecular weight is 255 g/mol. The number of nitrogens with one attached hydrogen (secondary N) is 1. The van der Waals surface area contributed by atoms with Gasteiger partial charge in [-0.2, -0.15) is 0 Å². The third kappa shape index (κ3) is 3.58. The zero-order chi connectivity index (χ0) is 13.8. The Balaban J connectivity index is 2.03. The van der Waals surface area contributed by atoms with E-state index in [4.69, 9.17) is 0 Å². The third-order valence-corrected chi connectivity index (χ3v) is 3.47. The van der Waals surface area contributed by atoms with Gasteiger partial charge in [-0.3, -0.25) is 0 Å². The van der Waals surface area contributed by atoms with Crippen molar-refractivity contribution in [1.82, 2.24) is 5.32 Å². The van der Waals surface area contributed by atoms with Crippen LogP contribution < -0.4 is 5.32 Å². The number of rotatable bonds is 4. The van der Waals surface area contributed by atoms with Crippen molar-refractivity contribution in [2.45, 2.75) is 32.9 Å². The van der Waals surface area contributed by atoms with E-state index < -0.39 is 0 Å². The summed E-state index contributed by atoms with van der Waals surface area (Å²) in [6, 6.07) is 16.5.